The summed E-state index contributed by atoms with van der Waals surface area (Å²) in [5.74, 6) is -0.0983. The van der Waals surface area contributed by atoms with E-state index in [-0.39, 0.29) is 35.0 Å². The van der Waals surface area contributed by atoms with Crippen molar-refractivity contribution >= 4 is 17.2 Å². The summed E-state index contributed by atoms with van der Waals surface area (Å²) >= 11 is 0. The van der Waals surface area contributed by atoms with E-state index in [2.05, 4.69) is 22.0 Å². The van der Waals surface area contributed by atoms with Crippen molar-refractivity contribution in [2.75, 3.05) is 31.1 Å². The molecule has 2 aliphatic heterocycles. The fourth-order valence-electron chi connectivity index (χ4n) is 4.76. The van der Waals surface area contributed by atoms with Crippen LogP contribution in [-0.4, -0.2) is 63.5 Å². The Kier molecular flexibility index (Phi) is 5.65. The number of fused-ring (bicyclic) bond motifs is 1. The van der Waals surface area contributed by atoms with Crippen molar-refractivity contribution in [2.45, 2.75) is 18.7 Å². The van der Waals surface area contributed by atoms with Crippen molar-refractivity contribution in [2.24, 2.45) is 7.05 Å². The number of rotatable bonds is 6. The number of aryl methyl sites for hydroxylation is 1. The lowest BCUT2D eigenvalue weighted by atomic mass is 10.1. The fraction of sp³-hybridized carbons (Fsp3) is 0.333. The minimum Gasteiger partial charge on any atom is -0.373 e. The van der Waals surface area contributed by atoms with Gasteiger partial charge in [0.1, 0.15) is 5.69 Å². The highest BCUT2D eigenvalue weighted by atomic mass is 16.6. The molecule has 0 bridgehead atoms. The number of hydrogen-bond acceptors (Lipinski definition) is 7. The molecular weight excluding hydrogens is 422 g/mol. The van der Waals surface area contributed by atoms with Gasteiger partial charge in [0.25, 0.3) is 5.69 Å². The maximum atomic E-state index is 12.8. The lowest BCUT2D eigenvalue weighted by Crippen LogP contribution is -2.50. The van der Waals surface area contributed by atoms with Gasteiger partial charge in [-0.25, -0.2) is 4.98 Å². The van der Waals surface area contributed by atoms with Gasteiger partial charge in [-0.2, -0.15) is 0 Å². The molecule has 0 amide bonds. The number of aromatic nitrogens is 2. The minimum absolute atomic E-state index is 0.0176. The molecule has 3 aromatic rings. The zero-order chi connectivity index (χ0) is 22.9. The number of hydrogen-bond donors (Lipinski definition) is 0. The van der Waals surface area contributed by atoms with E-state index in [0.717, 1.165) is 13.1 Å². The maximum Gasteiger partial charge on any atom is 0.293 e. The molecule has 170 valence electrons. The lowest BCUT2D eigenvalue weighted by Gasteiger charge is -2.36. The number of anilines is 1. The number of nitrogens with zero attached hydrogens (tertiary/aromatic N) is 5. The highest BCUT2D eigenvalue weighted by molar-refractivity contribution is 6.07. The number of nitro benzene ring substituents is 1. The Bertz CT molecular complexity index is 1180. The van der Waals surface area contributed by atoms with Gasteiger partial charge in [0.2, 0.25) is 5.78 Å². The molecule has 33 heavy (non-hydrogen) atoms. The van der Waals surface area contributed by atoms with Crippen LogP contribution >= 0.6 is 0 Å². The van der Waals surface area contributed by atoms with E-state index in [0.29, 0.717) is 25.4 Å². The summed E-state index contributed by atoms with van der Waals surface area (Å²) in [6, 6.07) is 15.1. The van der Waals surface area contributed by atoms with Crippen LogP contribution in [0.2, 0.25) is 0 Å². The van der Waals surface area contributed by atoms with E-state index in [4.69, 9.17) is 4.74 Å². The summed E-state index contributed by atoms with van der Waals surface area (Å²) in [6.07, 6.45) is 3.18. The maximum absolute atomic E-state index is 12.8. The van der Waals surface area contributed by atoms with E-state index in [1.54, 1.807) is 29.9 Å². The van der Waals surface area contributed by atoms with E-state index in [9.17, 15) is 14.9 Å². The Hall–Kier alpha value is -3.56. The van der Waals surface area contributed by atoms with Crippen molar-refractivity contribution in [1.82, 2.24) is 14.5 Å². The van der Waals surface area contributed by atoms with Crippen molar-refractivity contribution in [3.8, 4) is 0 Å². The normalized spacial score (nSPS) is 20.6. The summed E-state index contributed by atoms with van der Waals surface area (Å²) in [5, 5.41) is 11.9. The molecule has 9 nitrogen and oxygen atoms in total. The first-order valence-electron chi connectivity index (χ1n) is 11.0. The first-order chi connectivity index (χ1) is 16.0. The first kappa shape index (κ1) is 21.3. The summed E-state index contributed by atoms with van der Waals surface area (Å²) < 4.78 is 7.63. The van der Waals surface area contributed by atoms with Crippen LogP contribution in [0.1, 0.15) is 21.7 Å². The number of carbonyl (C=O) groups is 1. The second-order valence-corrected chi connectivity index (χ2v) is 8.49. The Morgan fingerprint density at radius 1 is 1.21 bits per heavy atom. The van der Waals surface area contributed by atoms with Crippen LogP contribution in [0.3, 0.4) is 0 Å². The topological polar surface area (TPSA) is 93.7 Å². The highest BCUT2D eigenvalue weighted by Gasteiger charge is 2.41. The third kappa shape index (κ3) is 4.12. The van der Waals surface area contributed by atoms with Gasteiger partial charge in [-0.1, -0.05) is 30.3 Å². The van der Waals surface area contributed by atoms with Gasteiger partial charge in [-0.05, 0) is 17.7 Å². The van der Waals surface area contributed by atoms with E-state index < -0.39 is 4.92 Å². The van der Waals surface area contributed by atoms with Crippen molar-refractivity contribution in [3.63, 3.8) is 0 Å². The summed E-state index contributed by atoms with van der Waals surface area (Å²) in [6.45, 7) is 3.48. The second kappa shape index (κ2) is 8.76. The Morgan fingerprint density at radius 2 is 2.03 bits per heavy atom. The predicted octanol–water partition coefficient (Wildman–Crippen LogP) is 2.65. The molecule has 0 saturated carbocycles. The summed E-state index contributed by atoms with van der Waals surface area (Å²) in [5.41, 5.74) is 1.91. The molecule has 0 N–H and O–H groups in total. The molecular formula is C24H25N5O4. The minimum atomic E-state index is -0.422. The summed E-state index contributed by atoms with van der Waals surface area (Å²) in [4.78, 5) is 32.8. The van der Waals surface area contributed by atoms with E-state index >= 15 is 0 Å². The highest BCUT2D eigenvalue weighted by Crippen LogP contribution is 2.35. The van der Waals surface area contributed by atoms with Gasteiger partial charge in [0.05, 0.1) is 23.7 Å². The molecule has 0 spiro atoms. The molecule has 2 aliphatic rings. The quantitative estimate of drug-likeness (QED) is 0.326. The molecule has 1 aromatic heterocycles. The zero-order valence-corrected chi connectivity index (χ0v) is 18.3. The number of carbonyl (C=O) groups excluding carboxylic acids is 1. The molecule has 2 aromatic carbocycles. The number of ketones is 1. The standard InChI is InChI=1S/C24H25N5O4/c1-26-10-9-25-24(26)23(30)18-7-8-19(20(13-18)29(31)32)28-15-21-22(16-28)33-12-11-27(21)14-17-5-3-2-4-6-17/h2-10,13,21-22H,11-12,14-16H2,1H3. The summed E-state index contributed by atoms with van der Waals surface area (Å²) in [7, 11) is 1.72. The molecule has 9 heteroatoms. The van der Waals surface area contributed by atoms with Crippen molar-refractivity contribution < 1.29 is 14.5 Å². The molecule has 3 heterocycles. The van der Waals surface area contributed by atoms with Gasteiger partial charge >= 0.3 is 0 Å². The van der Waals surface area contributed by atoms with Crippen LogP contribution in [0, 0.1) is 10.1 Å². The molecule has 5 rings (SSSR count). The van der Waals surface area contributed by atoms with Crippen LogP contribution in [0.5, 0.6) is 0 Å². The Labute approximate surface area is 191 Å². The SMILES string of the molecule is Cn1ccnc1C(=O)c1ccc(N2CC3OCCN(Cc4ccccc4)C3C2)c([N+](=O)[O-])c1. The lowest BCUT2D eigenvalue weighted by molar-refractivity contribution is -0.384. The van der Waals surface area contributed by atoms with Crippen LogP contribution in [0.25, 0.3) is 0 Å². The predicted molar refractivity (Wildman–Crippen MR) is 122 cm³/mol. The number of benzene rings is 2. The average Bonchev–Trinajstić information content (AvgIpc) is 3.45. The number of imidazole rings is 1. The largest absolute Gasteiger partial charge is 0.373 e. The Morgan fingerprint density at radius 3 is 2.76 bits per heavy atom. The zero-order valence-electron chi connectivity index (χ0n) is 18.3. The average molecular weight is 447 g/mol. The number of ether oxygens (including phenoxy) is 1. The molecule has 0 radical (unpaired) electrons. The number of nitro groups is 1. The third-order valence-corrected chi connectivity index (χ3v) is 6.44. The van der Waals surface area contributed by atoms with Gasteiger partial charge in [0, 0.05) is 57.3 Å². The smallest absolute Gasteiger partial charge is 0.293 e. The molecule has 2 fully saturated rings. The molecule has 2 unspecified atom stereocenters. The molecule has 2 saturated heterocycles. The van der Waals surface area contributed by atoms with Crippen LogP contribution in [0.4, 0.5) is 11.4 Å². The molecule has 2 atom stereocenters. The molecule has 0 aliphatic carbocycles. The fourth-order valence-corrected chi connectivity index (χ4v) is 4.76. The van der Waals surface area contributed by atoms with E-state index in [1.165, 1.54) is 17.8 Å². The van der Waals surface area contributed by atoms with Crippen LogP contribution in [0.15, 0.2) is 60.9 Å². The second-order valence-electron chi connectivity index (χ2n) is 8.49. The van der Waals surface area contributed by atoms with Crippen molar-refractivity contribution in [3.05, 3.63) is 88.0 Å². The van der Waals surface area contributed by atoms with Gasteiger partial charge in [-0.3, -0.25) is 19.8 Å². The third-order valence-electron chi connectivity index (χ3n) is 6.44. The van der Waals surface area contributed by atoms with Crippen LogP contribution < -0.4 is 4.90 Å². The van der Waals surface area contributed by atoms with Crippen molar-refractivity contribution in [1.29, 1.82) is 0 Å². The van der Waals surface area contributed by atoms with Gasteiger partial charge < -0.3 is 14.2 Å². The first-order valence-corrected chi connectivity index (χ1v) is 11.0. The Balaban J connectivity index is 1.39. The van der Waals surface area contributed by atoms with Gasteiger partial charge in [0.15, 0.2) is 5.82 Å². The van der Waals surface area contributed by atoms with Gasteiger partial charge in [-0.15, -0.1) is 0 Å². The number of morpholine rings is 1. The van der Waals surface area contributed by atoms with E-state index in [1.807, 2.05) is 23.1 Å². The van der Waals surface area contributed by atoms with Crippen LogP contribution in [-0.2, 0) is 18.3 Å². The monoisotopic (exact) mass is 447 g/mol.